The Morgan fingerprint density at radius 2 is 2.08 bits per heavy atom. The molecular weight excluding hydrogens is 400 g/mol. The molecule has 0 bridgehead atoms. The molecule has 0 atom stereocenters. The van der Waals surface area contributed by atoms with Gasteiger partial charge in [-0.3, -0.25) is 4.79 Å². The summed E-state index contributed by atoms with van der Waals surface area (Å²) in [4.78, 5) is 25.5. The maximum absolute atomic E-state index is 12.5. The SMILES string of the molecule is O=C(NCCCN1CCOC1=O)c1ccccc1Oc1cccc(Br)c1. The van der Waals surface area contributed by atoms with Gasteiger partial charge in [0, 0.05) is 17.6 Å². The molecule has 1 saturated heterocycles. The van der Waals surface area contributed by atoms with E-state index < -0.39 is 0 Å². The predicted octanol–water partition coefficient (Wildman–Crippen LogP) is 3.81. The molecule has 1 fully saturated rings. The van der Waals surface area contributed by atoms with E-state index >= 15 is 0 Å². The molecule has 0 radical (unpaired) electrons. The van der Waals surface area contributed by atoms with Crippen molar-refractivity contribution in [3.05, 3.63) is 58.6 Å². The highest BCUT2D eigenvalue weighted by molar-refractivity contribution is 9.10. The van der Waals surface area contributed by atoms with Crippen molar-refractivity contribution in [2.75, 3.05) is 26.2 Å². The van der Waals surface area contributed by atoms with Crippen LogP contribution in [0.15, 0.2) is 53.0 Å². The number of rotatable bonds is 7. The van der Waals surface area contributed by atoms with Crippen LogP contribution in [0.2, 0.25) is 0 Å². The topological polar surface area (TPSA) is 67.9 Å². The van der Waals surface area contributed by atoms with Gasteiger partial charge in [-0.15, -0.1) is 0 Å². The first-order chi connectivity index (χ1) is 12.6. The first kappa shape index (κ1) is 18.3. The van der Waals surface area contributed by atoms with Crippen LogP contribution in [0.4, 0.5) is 4.79 Å². The third-order valence-corrected chi connectivity index (χ3v) is 4.38. The van der Waals surface area contributed by atoms with E-state index in [4.69, 9.17) is 9.47 Å². The molecule has 26 heavy (non-hydrogen) atoms. The molecule has 7 heteroatoms. The highest BCUT2D eigenvalue weighted by atomic mass is 79.9. The average Bonchev–Trinajstić information content (AvgIpc) is 3.04. The van der Waals surface area contributed by atoms with Crippen LogP contribution < -0.4 is 10.1 Å². The van der Waals surface area contributed by atoms with Crippen molar-refractivity contribution in [2.24, 2.45) is 0 Å². The number of hydrogen-bond donors (Lipinski definition) is 1. The molecule has 0 saturated carbocycles. The summed E-state index contributed by atoms with van der Waals surface area (Å²) >= 11 is 3.40. The zero-order valence-corrected chi connectivity index (χ0v) is 15.7. The molecule has 1 N–H and O–H groups in total. The van der Waals surface area contributed by atoms with E-state index in [1.54, 1.807) is 23.1 Å². The number of nitrogens with one attached hydrogen (secondary N) is 1. The van der Waals surface area contributed by atoms with Crippen LogP contribution in [0.25, 0.3) is 0 Å². The molecule has 0 spiro atoms. The number of amides is 2. The first-order valence-electron chi connectivity index (χ1n) is 8.36. The normalized spacial score (nSPS) is 13.4. The van der Waals surface area contributed by atoms with E-state index in [9.17, 15) is 9.59 Å². The molecule has 0 aromatic heterocycles. The Morgan fingerprint density at radius 3 is 2.85 bits per heavy atom. The summed E-state index contributed by atoms with van der Waals surface area (Å²) in [5, 5.41) is 2.87. The minimum atomic E-state index is -0.288. The van der Waals surface area contributed by atoms with Gasteiger partial charge >= 0.3 is 6.09 Å². The van der Waals surface area contributed by atoms with E-state index in [1.807, 2.05) is 30.3 Å². The molecule has 1 aliphatic rings. The van der Waals surface area contributed by atoms with Gasteiger partial charge in [-0.2, -0.15) is 0 Å². The predicted molar refractivity (Wildman–Crippen MR) is 101 cm³/mol. The summed E-state index contributed by atoms with van der Waals surface area (Å²) in [6.07, 6.45) is 0.374. The van der Waals surface area contributed by atoms with Crippen molar-refractivity contribution < 1.29 is 19.1 Å². The lowest BCUT2D eigenvalue weighted by Gasteiger charge is -2.14. The number of benzene rings is 2. The van der Waals surface area contributed by atoms with Gasteiger partial charge in [0.05, 0.1) is 12.1 Å². The number of carbonyl (C=O) groups excluding carboxylic acids is 2. The van der Waals surface area contributed by atoms with Crippen LogP contribution in [0.1, 0.15) is 16.8 Å². The van der Waals surface area contributed by atoms with Crippen molar-refractivity contribution in [3.63, 3.8) is 0 Å². The number of hydrogen-bond acceptors (Lipinski definition) is 4. The molecule has 2 aromatic carbocycles. The van der Waals surface area contributed by atoms with Crippen molar-refractivity contribution in [3.8, 4) is 11.5 Å². The first-order valence-corrected chi connectivity index (χ1v) is 9.15. The van der Waals surface area contributed by atoms with Crippen LogP contribution in [0, 0.1) is 0 Å². The van der Waals surface area contributed by atoms with E-state index in [0.717, 1.165) is 4.47 Å². The lowest BCUT2D eigenvalue weighted by atomic mass is 10.2. The molecule has 6 nitrogen and oxygen atoms in total. The standard InChI is InChI=1S/C19H19BrN2O4/c20-14-5-3-6-15(13-14)26-17-8-2-1-7-16(17)18(23)21-9-4-10-22-11-12-25-19(22)24/h1-3,5-8,13H,4,9-12H2,(H,21,23). The Hall–Kier alpha value is -2.54. The van der Waals surface area contributed by atoms with Gasteiger partial charge in [0.25, 0.3) is 5.91 Å². The van der Waals surface area contributed by atoms with Gasteiger partial charge in [-0.25, -0.2) is 4.79 Å². The van der Waals surface area contributed by atoms with E-state index in [0.29, 0.717) is 49.7 Å². The molecule has 1 aliphatic heterocycles. The summed E-state index contributed by atoms with van der Waals surface area (Å²) in [5.74, 6) is 0.929. The number of carbonyl (C=O) groups is 2. The summed E-state index contributed by atoms with van der Waals surface area (Å²) in [6.45, 7) is 2.07. The second kappa shape index (κ2) is 8.71. The Kier molecular flexibility index (Phi) is 6.12. The van der Waals surface area contributed by atoms with E-state index in [1.165, 1.54) is 0 Å². The lowest BCUT2D eigenvalue weighted by molar-refractivity contribution is 0.0950. The molecule has 0 aliphatic carbocycles. The largest absolute Gasteiger partial charge is 0.456 e. The fourth-order valence-corrected chi connectivity index (χ4v) is 2.97. The second-order valence-electron chi connectivity index (χ2n) is 5.77. The summed E-state index contributed by atoms with van der Waals surface area (Å²) in [5.41, 5.74) is 0.466. The average molecular weight is 419 g/mol. The van der Waals surface area contributed by atoms with Gasteiger partial charge in [-0.05, 0) is 36.8 Å². The number of halogens is 1. The van der Waals surface area contributed by atoms with Gasteiger partial charge in [0.15, 0.2) is 0 Å². The molecule has 2 amide bonds. The summed E-state index contributed by atoms with van der Waals surface area (Å²) in [7, 11) is 0. The van der Waals surface area contributed by atoms with Gasteiger partial charge in [0.1, 0.15) is 18.1 Å². The van der Waals surface area contributed by atoms with Crippen molar-refractivity contribution in [2.45, 2.75) is 6.42 Å². The molecule has 0 unspecified atom stereocenters. The Labute approximate surface area is 160 Å². The molecule has 2 aromatic rings. The Balaban J connectivity index is 1.56. The van der Waals surface area contributed by atoms with Crippen LogP contribution in [-0.4, -0.2) is 43.1 Å². The number of nitrogens with zero attached hydrogens (tertiary/aromatic N) is 1. The fraction of sp³-hybridized carbons (Fsp3) is 0.263. The maximum Gasteiger partial charge on any atom is 0.409 e. The van der Waals surface area contributed by atoms with Gasteiger partial charge < -0.3 is 19.7 Å². The fourth-order valence-electron chi connectivity index (χ4n) is 2.60. The third-order valence-electron chi connectivity index (χ3n) is 3.89. The minimum absolute atomic E-state index is 0.209. The minimum Gasteiger partial charge on any atom is -0.456 e. The zero-order chi connectivity index (χ0) is 18.4. The van der Waals surface area contributed by atoms with Crippen molar-refractivity contribution in [1.29, 1.82) is 0 Å². The second-order valence-corrected chi connectivity index (χ2v) is 6.68. The third kappa shape index (κ3) is 4.76. The quantitative estimate of drug-likeness (QED) is 0.694. The van der Waals surface area contributed by atoms with Crippen molar-refractivity contribution >= 4 is 27.9 Å². The highest BCUT2D eigenvalue weighted by Gasteiger charge is 2.21. The van der Waals surface area contributed by atoms with Gasteiger partial charge in [-0.1, -0.05) is 34.1 Å². The number of para-hydroxylation sites is 1. The van der Waals surface area contributed by atoms with Crippen LogP contribution in [-0.2, 0) is 4.74 Å². The lowest BCUT2D eigenvalue weighted by Crippen LogP contribution is -2.30. The number of ether oxygens (including phenoxy) is 2. The summed E-state index contributed by atoms with van der Waals surface area (Å²) in [6, 6.07) is 14.5. The monoisotopic (exact) mass is 418 g/mol. The van der Waals surface area contributed by atoms with Crippen LogP contribution >= 0.6 is 15.9 Å². The van der Waals surface area contributed by atoms with Crippen LogP contribution in [0.3, 0.4) is 0 Å². The molecule has 136 valence electrons. The highest BCUT2D eigenvalue weighted by Crippen LogP contribution is 2.27. The molecule has 1 heterocycles. The number of cyclic esters (lactones) is 1. The zero-order valence-electron chi connectivity index (χ0n) is 14.1. The molecule has 3 rings (SSSR count). The van der Waals surface area contributed by atoms with Crippen molar-refractivity contribution in [1.82, 2.24) is 10.2 Å². The van der Waals surface area contributed by atoms with E-state index in [-0.39, 0.29) is 12.0 Å². The van der Waals surface area contributed by atoms with Gasteiger partial charge in [0.2, 0.25) is 0 Å². The van der Waals surface area contributed by atoms with E-state index in [2.05, 4.69) is 21.2 Å². The molecular formula is C19H19BrN2O4. The Bertz CT molecular complexity index is 797. The smallest absolute Gasteiger partial charge is 0.409 e. The van der Waals surface area contributed by atoms with Crippen LogP contribution in [0.5, 0.6) is 11.5 Å². The maximum atomic E-state index is 12.5. The summed E-state index contributed by atoms with van der Waals surface area (Å²) < 4.78 is 11.6. The Morgan fingerprint density at radius 1 is 1.23 bits per heavy atom.